The van der Waals surface area contributed by atoms with Gasteiger partial charge in [-0.25, -0.2) is 4.79 Å². The number of hydrogen-bond donors (Lipinski definition) is 0. The molecule has 0 N–H and O–H groups in total. The van der Waals surface area contributed by atoms with Crippen LogP contribution in [0.5, 0.6) is 0 Å². The van der Waals surface area contributed by atoms with Gasteiger partial charge >= 0.3 is 6.09 Å². The van der Waals surface area contributed by atoms with Gasteiger partial charge in [-0.2, -0.15) is 0 Å². The third-order valence-corrected chi connectivity index (χ3v) is 5.51. The van der Waals surface area contributed by atoms with Crippen molar-refractivity contribution in [3.8, 4) is 0 Å². The fraction of sp³-hybridized carbons (Fsp3) is 0.650. The predicted molar refractivity (Wildman–Crippen MR) is 98.4 cm³/mol. The van der Waals surface area contributed by atoms with Crippen LogP contribution in [0.3, 0.4) is 0 Å². The van der Waals surface area contributed by atoms with Crippen LogP contribution in [-0.4, -0.2) is 53.0 Å². The molecule has 0 bridgehead atoms. The quantitative estimate of drug-likeness (QED) is 0.757. The van der Waals surface area contributed by atoms with Crippen molar-refractivity contribution in [3.63, 3.8) is 0 Å². The van der Waals surface area contributed by atoms with Crippen LogP contribution in [0, 0.1) is 5.41 Å². The maximum Gasteiger partial charge on any atom is 0.409 e. The van der Waals surface area contributed by atoms with E-state index in [2.05, 4.69) is 11.9 Å². The molecule has 0 aromatic carbocycles. The Kier molecular flexibility index (Phi) is 6.12. The second-order valence-corrected chi connectivity index (χ2v) is 7.60. The van der Waals surface area contributed by atoms with Crippen LogP contribution in [-0.2, 0) is 16.1 Å². The van der Waals surface area contributed by atoms with Gasteiger partial charge in [-0.1, -0.05) is 13.3 Å². The first-order valence-electron chi connectivity index (χ1n) is 9.70. The average Bonchev–Trinajstić information content (AvgIpc) is 2.66. The van der Waals surface area contributed by atoms with Gasteiger partial charge in [-0.05, 0) is 43.4 Å². The van der Waals surface area contributed by atoms with Crippen molar-refractivity contribution >= 4 is 12.0 Å². The predicted octanol–water partition coefficient (Wildman–Crippen LogP) is 3.22. The Morgan fingerprint density at radius 3 is 2.85 bits per heavy atom. The molecule has 1 spiro atoms. The Bertz CT molecular complexity index is 622. The summed E-state index contributed by atoms with van der Waals surface area (Å²) < 4.78 is 5.40. The van der Waals surface area contributed by atoms with Crippen molar-refractivity contribution in [2.24, 2.45) is 5.41 Å². The summed E-state index contributed by atoms with van der Waals surface area (Å²) in [5.41, 5.74) is 1.10. The van der Waals surface area contributed by atoms with Gasteiger partial charge in [0.15, 0.2) is 0 Å². The highest BCUT2D eigenvalue weighted by Crippen LogP contribution is 2.39. The molecular weight excluding hydrogens is 330 g/mol. The smallest absolute Gasteiger partial charge is 0.409 e. The summed E-state index contributed by atoms with van der Waals surface area (Å²) in [6.45, 7) is 5.35. The molecular formula is C20H29N3O3. The lowest BCUT2D eigenvalue weighted by atomic mass is 9.73. The number of nitrogens with zero attached hydrogens (tertiary/aromatic N) is 3. The van der Waals surface area contributed by atoms with Crippen LogP contribution in [0.2, 0.25) is 0 Å². The number of aromatic nitrogens is 1. The number of unbranched alkanes of at least 4 members (excludes halogenated alkanes) is 1. The van der Waals surface area contributed by atoms with E-state index in [4.69, 9.17) is 4.74 Å². The highest BCUT2D eigenvalue weighted by Gasteiger charge is 2.43. The number of hydrogen-bond acceptors (Lipinski definition) is 4. The van der Waals surface area contributed by atoms with Gasteiger partial charge in [0.2, 0.25) is 5.91 Å². The van der Waals surface area contributed by atoms with E-state index in [-0.39, 0.29) is 17.4 Å². The fourth-order valence-electron chi connectivity index (χ4n) is 4.05. The van der Waals surface area contributed by atoms with Crippen LogP contribution in [0.25, 0.3) is 0 Å². The molecule has 26 heavy (non-hydrogen) atoms. The first-order valence-corrected chi connectivity index (χ1v) is 9.70. The summed E-state index contributed by atoms with van der Waals surface area (Å²) in [4.78, 5) is 32.6. The molecule has 3 heterocycles. The minimum Gasteiger partial charge on any atom is -0.449 e. The summed E-state index contributed by atoms with van der Waals surface area (Å²) in [6, 6.07) is 3.90. The van der Waals surface area contributed by atoms with E-state index < -0.39 is 0 Å². The fourth-order valence-corrected chi connectivity index (χ4v) is 4.05. The zero-order valence-electron chi connectivity index (χ0n) is 15.7. The number of ether oxygens (including phenoxy) is 1. The van der Waals surface area contributed by atoms with E-state index in [1.165, 1.54) is 0 Å². The minimum atomic E-state index is -0.199. The molecule has 0 unspecified atom stereocenters. The molecule has 0 aliphatic carbocycles. The lowest BCUT2D eigenvalue weighted by molar-refractivity contribution is -0.139. The molecule has 3 rings (SSSR count). The second kappa shape index (κ2) is 8.52. The highest BCUT2D eigenvalue weighted by atomic mass is 16.6. The van der Waals surface area contributed by atoms with Crippen molar-refractivity contribution < 1.29 is 14.3 Å². The average molecular weight is 359 g/mol. The summed E-state index contributed by atoms with van der Waals surface area (Å²) in [5, 5.41) is 0. The number of pyridine rings is 1. The van der Waals surface area contributed by atoms with Gasteiger partial charge in [-0.15, -0.1) is 0 Å². The van der Waals surface area contributed by atoms with Crippen LogP contribution in [0.1, 0.15) is 51.0 Å². The standard InChI is InChI=1S/C20H29N3O3/c1-2-3-13-26-19(25)22-12-4-8-20(15-22)9-5-18(24)23(16-20)14-17-6-10-21-11-7-17/h6-7,10-11H,2-5,8-9,12-16H2,1H3/t20-/m0/s1. The van der Waals surface area contributed by atoms with E-state index in [1.54, 1.807) is 12.4 Å². The van der Waals surface area contributed by atoms with Crippen LogP contribution >= 0.6 is 0 Å². The third-order valence-electron chi connectivity index (χ3n) is 5.51. The van der Waals surface area contributed by atoms with Crippen molar-refractivity contribution in [1.29, 1.82) is 0 Å². The molecule has 1 atom stereocenters. The topological polar surface area (TPSA) is 62.7 Å². The highest BCUT2D eigenvalue weighted by molar-refractivity contribution is 5.77. The van der Waals surface area contributed by atoms with E-state index >= 15 is 0 Å². The lowest BCUT2D eigenvalue weighted by Gasteiger charge is -2.47. The van der Waals surface area contributed by atoms with Crippen LogP contribution in [0.15, 0.2) is 24.5 Å². The molecule has 142 valence electrons. The molecule has 0 saturated carbocycles. The molecule has 2 fully saturated rings. The van der Waals surface area contributed by atoms with Crippen molar-refractivity contribution in [2.75, 3.05) is 26.2 Å². The number of amides is 2. The maximum atomic E-state index is 12.4. The zero-order valence-corrected chi connectivity index (χ0v) is 15.7. The Hall–Kier alpha value is -2.11. The molecule has 1 aromatic rings. The van der Waals surface area contributed by atoms with Gasteiger partial charge in [0.05, 0.1) is 6.61 Å². The van der Waals surface area contributed by atoms with Crippen molar-refractivity contribution in [1.82, 2.24) is 14.8 Å². The number of carbonyl (C=O) groups is 2. The van der Waals surface area contributed by atoms with E-state index in [0.717, 1.165) is 44.2 Å². The van der Waals surface area contributed by atoms with Gasteiger partial charge in [0.1, 0.15) is 0 Å². The maximum absolute atomic E-state index is 12.4. The Morgan fingerprint density at radius 1 is 1.27 bits per heavy atom. The van der Waals surface area contributed by atoms with Crippen LogP contribution in [0.4, 0.5) is 4.79 Å². The first kappa shape index (κ1) is 18.7. The second-order valence-electron chi connectivity index (χ2n) is 7.60. The van der Waals surface area contributed by atoms with Crippen molar-refractivity contribution in [2.45, 2.75) is 52.0 Å². The SMILES string of the molecule is CCCCOC(=O)N1CCC[C@]2(CCC(=O)N(Cc3ccncc3)C2)C1. The normalized spacial score (nSPS) is 23.3. The summed E-state index contributed by atoms with van der Waals surface area (Å²) in [7, 11) is 0. The molecule has 0 radical (unpaired) electrons. The summed E-state index contributed by atoms with van der Waals surface area (Å²) in [6.07, 6.45) is 8.69. The molecule has 2 amide bonds. The van der Waals surface area contributed by atoms with Crippen molar-refractivity contribution in [3.05, 3.63) is 30.1 Å². The van der Waals surface area contributed by atoms with E-state index in [1.807, 2.05) is 21.9 Å². The molecule has 1 aromatic heterocycles. The summed E-state index contributed by atoms with van der Waals surface area (Å²) >= 11 is 0. The minimum absolute atomic E-state index is 0.00294. The van der Waals surface area contributed by atoms with Crippen LogP contribution < -0.4 is 0 Å². The number of rotatable bonds is 5. The number of carbonyl (C=O) groups excluding carboxylic acids is 2. The Morgan fingerprint density at radius 2 is 2.08 bits per heavy atom. The monoisotopic (exact) mass is 359 g/mol. The summed E-state index contributed by atoms with van der Waals surface area (Å²) in [5.74, 6) is 0.204. The number of piperidine rings is 2. The van der Waals surface area contributed by atoms with Gasteiger partial charge < -0.3 is 14.5 Å². The lowest BCUT2D eigenvalue weighted by Crippen LogP contribution is -2.54. The largest absolute Gasteiger partial charge is 0.449 e. The zero-order chi connectivity index (χ0) is 18.4. The first-order chi connectivity index (χ1) is 12.6. The van der Waals surface area contributed by atoms with Gasteiger partial charge in [0.25, 0.3) is 0 Å². The number of likely N-dealkylation sites (tertiary alicyclic amines) is 2. The molecule has 6 heteroatoms. The molecule has 2 aliphatic rings. The van der Waals surface area contributed by atoms with E-state index in [0.29, 0.717) is 32.7 Å². The molecule has 2 aliphatic heterocycles. The van der Waals surface area contributed by atoms with Gasteiger partial charge in [-0.3, -0.25) is 9.78 Å². The third kappa shape index (κ3) is 4.54. The Labute approximate surface area is 155 Å². The molecule has 6 nitrogen and oxygen atoms in total. The van der Waals surface area contributed by atoms with Gasteiger partial charge in [0, 0.05) is 50.4 Å². The Balaban J connectivity index is 1.62. The molecule has 2 saturated heterocycles. The van der Waals surface area contributed by atoms with E-state index in [9.17, 15) is 9.59 Å².